The fourth-order valence-electron chi connectivity index (χ4n) is 5.38. The van der Waals surface area contributed by atoms with E-state index in [0.717, 1.165) is 11.6 Å². The Morgan fingerprint density at radius 1 is 1.22 bits per heavy atom. The predicted molar refractivity (Wildman–Crippen MR) is 127 cm³/mol. The largest absolute Gasteiger partial charge is 0.417 e. The summed E-state index contributed by atoms with van der Waals surface area (Å²) in [6.45, 7) is 1.66. The fourth-order valence-corrected chi connectivity index (χ4v) is 5.38. The first-order valence-corrected chi connectivity index (χ1v) is 11.8. The number of aromatic nitrogens is 1. The minimum absolute atomic E-state index is 0.0436. The number of carbonyl (C=O) groups excluding carboxylic acids is 2. The van der Waals surface area contributed by atoms with Gasteiger partial charge in [0.05, 0.1) is 29.5 Å². The number of rotatable bonds is 4. The molecule has 36 heavy (non-hydrogen) atoms. The van der Waals surface area contributed by atoms with E-state index in [0.29, 0.717) is 44.7 Å². The van der Waals surface area contributed by atoms with Crippen LogP contribution in [0.5, 0.6) is 0 Å². The summed E-state index contributed by atoms with van der Waals surface area (Å²) in [5.74, 6) is -0.488. The first-order chi connectivity index (χ1) is 17.0. The molecule has 2 aliphatic heterocycles. The number of hydrogen-bond donors (Lipinski definition) is 0. The van der Waals surface area contributed by atoms with Crippen molar-refractivity contribution < 1.29 is 22.8 Å². The van der Waals surface area contributed by atoms with Crippen LogP contribution >= 0.6 is 0 Å². The van der Waals surface area contributed by atoms with Gasteiger partial charge in [0.25, 0.3) is 0 Å². The van der Waals surface area contributed by atoms with Gasteiger partial charge in [0.2, 0.25) is 11.8 Å². The minimum Gasteiger partial charge on any atom is -0.371 e. The van der Waals surface area contributed by atoms with Crippen LogP contribution in [0.4, 0.5) is 18.9 Å². The highest BCUT2D eigenvalue weighted by Gasteiger charge is 2.52. The van der Waals surface area contributed by atoms with E-state index < -0.39 is 22.7 Å². The van der Waals surface area contributed by atoms with Crippen molar-refractivity contribution in [2.45, 2.75) is 25.4 Å². The minimum atomic E-state index is -4.62. The SMILES string of the molecule is CN(C)C(=O)C1CN(C(=O)Cc2cccnc2)CC12CCN(c1ccc(C#N)c(C(F)(F)F)c1)CC2. The molecule has 2 aliphatic rings. The second-order valence-electron chi connectivity index (χ2n) is 9.79. The zero-order valence-corrected chi connectivity index (χ0v) is 20.3. The van der Waals surface area contributed by atoms with E-state index in [1.54, 1.807) is 48.4 Å². The Morgan fingerprint density at radius 3 is 2.53 bits per heavy atom. The third kappa shape index (κ3) is 5.01. The van der Waals surface area contributed by atoms with Crippen molar-refractivity contribution in [3.05, 3.63) is 59.4 Å². The van der Waals surface area contributed by atoms with Gasteiger partial charge in [-0.1, -0.05) is 6.07 Å². The number of benzene rings is 1. The summed E-state index contributed by atoms with van der Waals surface area (Å²) in [5, 5.41) is 9.08. The predicted octanol–water partition coefficient (Wildman–Crippen LogP) is 3.35. The maximum atomic E-state index is 13.5. The third-order valence-electron chi connectivity index (χ3n) is 7.37. The van der Waals surface area contributed by atoms with E-state index in [2.05, 4.69) is 4.98 Å². The zero-order valence-electron chi connectivity index (χ0n) is 20.3. The Kier molecular flexibility index (Phi) is 6.94. The van der Waals surface area contributed by atoms with Crippen LogP contribution in [0.15, 0.2) is 42.7 Å². The number of halogens is 3. The molecule has 2 fully saturated rings. The lowest BCUT2D eigenvalue weighted by molar-refractivity contribution is -0.138. The van der Waals surface area contributed by atoms with Gasteiger partial charge in [-0.2, -0.15) is 18.4 Å². The van der Waals surface area contributed by atoms with Crippen LogP contribution in [0.25, 0.3) is 0 Å². The molecule has 0 radical (unpaired) electrons. The average molecular weight is 500 g/mol. The van der Waals surface area contributed by atoms with Gasteiger partial charge in [0.1, 0.15) is 0 Å². The zero-order chi connectivity index (χ0) is 26.1. The number of anilines is 1. The molecule has 2 aromatic rings. The molecular formula is C26H28F3N5O2. The van der Waals surface area contributed by atoms with Crippen LogP contribution in [0, 0.1) is 22.7 Å². The first kappa shape index (κ1) is 25.5. The van der Waals surface area contributed by atoms with Crippen molar-refractivity contribution in [2.75, 3.05) is 45.2 Å². The van der Waals surface area contributed by atoms with E-state index in [1.807, 2.05) is 11.0 Å². The van der Waals surface area contributed by atoms with Gasteiger partial charge in [-0.25, -0.2) is 0 Å². The van der Waals surface area contributed by atoms with Crippen molar-refractivity contribution in [3.8, 4) is 6.07 Å². The highest BCUT2D eigenvalue weighted by Crippen LogP contribution is 2.46. The van der Waals surface area contributed by atoms with Gasteiger partial charge in [0, 0.05) is 63.8 Å². The molecule has 0 N–H and O–H groups in total. The van der Waals surface area contributed by atoms with Gasteiger partial charge in [0.15, 0.2) is 0 Å². The van der Waals surface area contributed by atoms with Crippen molar-refractivity contribution >= 4 is 17.5 Å². The van der Waals surface area contributed by atoms with Gasteiger partial charge < -0.3 is 14.7 Å². The molecule has 2 saturated heterocycles. The summed E-state index contributed by atoms with van der Waals surface area (Å²) < 4.78 is 40.4. The Morgan fingerprint density at radius 2 is 1.94 bits per heavy atom. The molecule has 3 heterocycles. The number of pyridine rings is 1. The van der Waals surface area contributed by atoms with Gasteiger partial charge in [-0.15, -0.1) is 0 Å². The quantitative estimate of drug-likeness (QED) is 0.645. The number of amides is 2. The lowest BCUT2D eigenvalue weighted by Gasteiger charge is -2.43. The maximum absolute atomic E-state index is 13.5. The second-order valence-corrected chi connectivity index (χ2v) is 9.79. The van der Waals surface area contributed by atoms with E-state index in [9.17, 15) is 22.8 Å². The molecule has 1 aromatic carbocycles. The van der Waals surface area contributed by atoms with E-state index in [1.165, 1.54) is 12.1 Å². The molecule has 7 nitrogen and oxygen atoms in total. The maximum Gasteiger partial charge on any atom is 0.417 e. The number of nitriles is 1. The van der Waals surface area contributed by atoms with Crippen LogP contribution < -0.4 is 4.90 Å². The van der Waals surface area contributed by atoms with Crippen molar-refractivity contribution in [2.24, 2.45) is 11.3 Å². The van der Waals surface area contributed by atoms with Gasteiger partial charge in [-0.05, 0) is 42.7 Å². The molecule has 4 rings (SSSR count). The summed E-state index contributed by atoms with van der Waals surface area (Å²) in [6.07, 6.45) is -0.00178. The highest BCUT2D eigenvalue weighted by atomic mass is 19.4. The number of hydrogen-bond acceptors (Lipinski definition) is 5. The first-order valence-electron chi connectivity index (χ1n) is 11.8. The molecule has 10 heteroatoms. The molecule has 1 unspecified atom stereocenters. The summed E-state index contributed by atoms with van der Waals surface area (Å²) in [4.78, 5) is 35.4. The monoisotopic (exact) mass is 499 g/mol. The highest BCUT2D eigenvalue weighted by molar-refractivity contribution is 5.84. The number of piperidine rings is 1. The Bertz CT molecular complexity index is 1170. The van der Waals surface area contributed by atoms with Crippen LogP contribution in [-0.4, -0.2) is 66.9 Å². The van der Waals surface area contributed by atoms with Gasteiger partial charge >= 0.3 is 6.18 Å². The molecule has 1 aromatic heterocycles. The second kappa shape index (κ2) is 9.80. The normalized spacial score (nSPS) is 19.3. The summed E-state index contributed by atoms with van der Waals surface area (Å²) in [5.41, 5.74) is -0.599. The molecule has 1 atom stereocenters. The fraction of sp³-hybridized carbons (Fsp3) is 0.462. The van der Waals surface area contributed by atoms with Crippen LogP contribution in [-0.2, 0) is 22.2 Å². The molecule has 0 saturated carbocycles. The molecule has 1 spiro atoms. The molecule has 190 valence electrons. The van der Waals surface area contributed by atoms with E-state index in [-0.39, 0.29) is 24.2 Å². The van der Waals surface area contributed by atoms with Crippen LogP contribution in [0.3, 0.4) is 0 Å². The third-order valence-corrected chi connectivity index (χ3v) is 7.37. The van der Waals surface area contributed by atoms with E-state index >= 15 is 0 Å². The standard InChI is InChI=1S/C26H28F3N5O2/c1-32(2)24(36)22-16-34(23(35)12-18-4-3-9-31-15-18)17-25(22)7-10-33(11-8-25)20-6-5-19(14-30)21(13-20)26(27,28)29/h3-6,9,13,15,22H,7-8,10-12,16-17H2,1-2H3. The molecule has 0 aliphatic carbocycles. The van der Waals surface area contributed by atoms with Crippen LogP contribution in [0.2, 0.25) is 0 Å². The number of nitrogens with zero attached hydrogens (tertiary/aromatic N) is 5. The van der Waals surface area contributed by atoms with Crippen LogP contribution in [0.1, 0.15) is 29.5 Å². The van der Waals surface area contributed by atoms with Gasteiger partial charge in [-0.3, -0.25) is 14.6 Å². The number of likely N-dealkylation sites (tertiary alicyclic amines) is 1. The van der Waals surface area contributed by atoms with Crippen molar-refractivity contribution in [1.29, 1.82) is 5.26 Å². The molecule has 2 amide bonds. The lowest BCUT2D eigenvalue weighted by atomic mass is 9.70. The average Bonchev–Trinajstić information content (AvgIpc) is 3.22. The Labute approximate surface area is 208 Å². The molecule has 0 bridgehead atoms. The summed E-state index contributed by atoms with van der Waals surface area (Å²) in [7, 11) is 3.39. The smallest absolute Gasteiger partial charge is 0.371 e. The van der Waals surface area contributed by atoms with E-state index in [4.69, 9.17) is 5.26 Å². The van der Waals surface area contributed by atoms with Crippen molar-refractivity contribution in [3.63, 3.8) is 0 Å². The number of carbonyl (C=O) groups is 2. The Balaban J connectivity index is 1.53. The Hall–Kier alpha value is -3.61. The summed E-state index contributed by atoms with van der Waals surface area (Å²) in [6, 6.07) is 8.99. The molecular weight excluding hydrogens is 471 g/mol. The lowest BCUT2D eigenvalue weighted by Crippen LogP contribution is -2.48. The summed E-state index contributed by atoms with van der Waals surface area (Å²) >= 11 is 0. The number of alkyl halides is 3. The topological polar surface area (TPSA) is 80.5 Å². The van der Waals surface area contributed by atoms with Crippen molar-refractivity contribution in [1.82, 2.24) is 14.8 Å².